The summed E-state index contributed by atoms with van der Waals surface area (Å²) in [5.74, 6) is -4.32. The first-order valence-corrected chi connectivity index (χ1v) is 16.7. The van der Waals surface area contributed by atoms with Crippen LogP contribution in [-0.2, 0) is 28.6 Å². The van der Waals surface area contributed by atoms with Crippen molar-refractivity contribution in [1.29, 1.82) is 0 Å². The molecule has 0 spiro atoms. The molecule has 1 aliphatic rings. The van der Waals surface area contributed by atoms with Crippen molar-refractivity contribution in [1.82, 2.24) is 10.6 Å². The quantitative estimate of drug-likeness (QED) is 0.0766. The molecule has 3 unspecified atom stereocenters. The predicted octanol–water partition coefficient (Wildman–Crippen LogP) is 5.36. The van der Waals surface area contributed by atoms with Crippen molar-refractivity contribution in [3.63, 3.8) is 0 Å². The van der Waals surface area contributed by atoms with Crippen LogP contribution in [0.3, 0.4) is 0 Å². The molecule has 2 amide bonds. The number of carbonyl (C=O) groups is 3. The highest BCUT2D eigenvalue weighted by atomic mass is 32.2. The van der Waals surface area contributed by atoms with E-state index in [9.17, 15) is 32.7 Å². The molecule has 1 aliphatic heterocycles. The van der Waals surface area contributed by atoms with Gasteiger partial charge in [-0.3, -0.25) is 14.4 Å². The lowest BCUT2D eigenvalue weighted by atomic mass is 10.1. The topological polar surface area (TPSA) is 123 Å². The van der Waals surface area contributed by atoms with Crippen LogP contribution in [0.1, 0.15) is 90.4 Å². The van der Waals surface area contributed by atoms with Gasteiger partial charge in [-0.1, -0.05) is 63.3 Å². The fourth-order valence-electron chi connectivity index (χ4n) is 4.35. The summed E-state index contributed by atoms with van der Waals surface area (Å²) in [6, 6.07) is -1.60. The van der Waals surface area contributed by atoms with Gasteiger partial charge in [0.2, 0.25) is 5.91 Å². The summed E-state index contributed by atoms with van der Waals surface area (Å²) in [6.45, 7) is 2.78. The van der Waals surface area contributed by atoms with Gasteiger partial charge >= 0.3 is 18.1 Å². The van der Waals surface area contributed by atoms with Crippen molar-refractivity contribution in [2.24, 2.45) is 0 Å². The van der Waals surface area contributed by atoms with Gasteiger partial charge in [0.05, 0.1) is 13.2 Å². The molecule has 1 saturated heterocycles. The van der Waals surface area contributed by atoms with Crippen LogP contribution in [0.2, 0.25) is 0 Å². The number of methoxy groups -OCH3 is 1. The first-order valence-electron chi connectivity index (χ1n) is 15.7. The predicted molar refractivity (Wildman–Crippen MR) is 165 cm³/mol. The Kier molecular flexibility index (Phi) is 21.9. The maximum absolute atomic E-state index is 13.0. The number of amides is 2. The number of hydrogen-bond acceptors (Lipinski definition) is 8. The van der Waals surface area contributed by atoms with Gasteiger partial charge in [-0.05, 0) is 51.4 Å². The third-order valence-corrected chi connectivity index (χ3v) is 8.34. The number of esters is 1. The zero-order valence-corrected chi connectivity index (χ0v) is 26.9. The van der Waals surface area contributed by atoms with E-state index in [0.29, 0.717) is 32.5 Å². The number of allylic oxidation sites excluding steroid dienone is 3. The zero-order chi connectivity index (χ0) is 32.6. The van der Waals surface area contributed by atoms with Gasteiger partial charge in [-0.2, -0.15) is 13.2 Å². The van der Waals surface area contributed by atoms with Gasteiger partial charge in [0.25, 0.3) is 0 Å². The summed E-state index contributed by atoms with van der Waals surface area (Å²) >= 11 is 1.04. The first kappa shape index (κ1) is 39.9. The Labute approximate surface area is 264 Å². The molecule has 1 fully saturated rings. The molecule has 13 heteroatoms. The van der Waals surface area contributed by atoms with Crippen molar-refractivity contribution >= 4 is 29.5 Å². The fraction of sp³-hybridized carbons (Fsp3) is 0.774. The van der Waals surface area contributed by atoms with Crippen LogP contribution in [-0.4, -0.2) is 85.4 Å². The molecule has 0 radical (unpaired) electrons. The van der Waals surface area contributed by atoms with Gasteiger partial charge in [0.15, 0.2) is 6.29 Å². The van der Waals surface area contributed by atoms with Gasteiger partial charge in [-0.25, -0.2) is 0 Å². The summed E-state index contributed by atoms with van der Waals surface area (Å²) in [5.41, 5.74) is 0. The number of nitrogens with one attached hydrogen (secondary N) is 2. The van der Waals surface area contributed by atoms with E-state index in [2.05, 4.69) is 17.0 Å². The number of unbranched alkanes of at least 4 members (excludes halogenated alkanes) is 7. The van der Waals surface area contributed by atoms with E-state index in [1.54, 1.807) is 17.5 Å². The van der Waals surface area contributed by atoms with Crippen molar-refractivity contribution in [3.8, 4) is 0 Å². The molecule has 44 heavy (non-hydrogen) atoms. The molecule has 1 heterocycles. The lowest BCUT2D eigenvalue weighted by Gasteiger charge is -2.24. The van der Waals surface area contributed by atoms with Gasteiger partial charge in [0.1, 0.15) is 12.6 Å². The Morgan fingerprint density at radius 1 is 1.07 bits per heavy atom. The van der Waals surface area contributed by atoms with Crippen LogP contribution in [0.15, 0.2) is 24.3 Å². The van der Waals surface area contributed by atoms with Gasteiger partial charge in [-0.15, -0.1) is 11.8 Å². The monoisotopic (exact) mass is 652 g/mol. The molecule has 0 saturated carbocycles. The molecule has 0 aromatic rings. The first-order chi connectivity index (χ1) is 21.1. The normalized spacial score (nSPS) is 17.8. The Hall–Kier alpha value is -2.09. The van der Waals surface area contributed by atoms with Crippen molar-refractivity contribution in [3.05, 3.63) is 24.3 Å². The van der Waals surface area contributed by atoms with Crippen molar-refractivity contribution in [2.75, 3.05) is 32.6 Å². The Morgan fingerprint density at radius 3 is 2.50 bits per heavy atom. The molecule has 9 nitrogen and oxygen atoms in total. The van der Waals surface area contributed by atoms with Crippen LogP contribution in [0.4, 0.5) is 13.2 Å². The molecule has 3 N–H and O–H groups in total. The summed E-state index contributed by atoms with van der Waals surface area (Å²) < 4.78 is 54.6. The maximum Gasteiger partial charge on any atom is 0.471 e. The van der Waals surface area contributed by atoms with E-state index < -0.39 is 47.9 Å². The van der Waals surface area contributed by atoms with Crippen LogP contribution in [0.25, 0.3) is 0 Å². The second-order valence-corrected chi connectivity index (χ2v) is 11.9. The fourth-order valence-corrected chi connectivity index (χ4v) is 5.56. The molecule has 254 valence electrons. The van der Waals surface area contributed by atoms with E-state index in [0.717, 1.165) is 57.4 Å². The molecule has 0 aliphatic carbocycles. The van der Waals surface area contributed by atoms with Crippen LogP contribution in [0, 0.1) is 0 Å². The van der Waals surface area contributed by atoms with Crippen LogP contribution in [0.5, 0.6) is 0 Å². The van der Waals surface area contributed by atoms with E-state index in [1.807, 2.05) is 12.2 Å². The minimum Gasteiger partial charge on any atom is -0.468 e. The standard InChI is InChI=1S/C31H51F3N2O7S/c1-3-4-5-6-7-8-9-10-11-12-18-26(25(37)17-13-15-20-42-28-19-14-16-21-43-28)44-23-24(36-30(40)31(32,33)34)29(39)35-22-27(38)41-2/h10-12,18,24-26,28,37H,3-9,13-17,19-23H2,1-2H3,(H,35,39)(H,36,40)/t24-,25?,26?,28?/m0/s1. The second kappa shape index (κ2) is 24.2. The molecule has 0 bridgehead atoms. The number of hydrogen-bond donors (Lipinski definition) is 3. The summed E-state index contributed by atoms with van der Waals surface area (Å²) in [5, 5.41) is 14.3. The van der Waals surface area contributed by atoms with E-state index in [1.165, 1.54) is 25.7 Å². The number of carbonyl (C=O) groups excluding carboxylic acids is 3. The van der Waals surface area contributed by atoms with Crippen LogP contribution >= 0.6 is 11.8 Å². The second-order valence-electron chi connectivity index (χ2n) is 10.7. The summed E-state index contributed by atoms with van der Waals surface area (Å²) in [7, 11) is 1.10. The van der Waals surface area contributed by atoms with E-state index in [4.69, 9.17) is 9.47 Å². The molecule has 4 atom stereocenters. The lowest BCUT2D eigenvalue weighted by molar-refractivity contribution is -0.174. The van der Waals surface area contributed by atoms with E-state index >= 15 is 0 Å². The summed E-state index contributed by atoms with van der Waals surface area (Å²) in [6.07, 6.45) is 13.9. The van der Waals surface area contributed by atoms with Gasteiger partial charge < -0.3 is 30.0 Å². The average molecular weight is 653 g/mol. The average Bonchev–Trinajstić information content (AvgIpc) is 3.00. The molecule has 0 aromatic heterocycles. The highest BCUT2D eigenvalue weighted by molar-refractivity contribution is 8.00. The Morgan fingerprint density at radius 2 is 1.82 bits per heavy atom. The SMILES string of the molecule is CCCCCCCCC=CC=CC(SC[C@H](NC(=O)C(F)(F)F)C(=O)NCC(=O)OC)C(O)CCCCOC1CCCCO1. The third kappa shape index (κ3) is 19.3. The number of halogens is 3. The number of rotatable bonds is 23. The molecule has 1 rings (SSSR count). The number of thioether (sulfide) groups is 1. The molecular formula is C31H51F3N2O7S. The number of aliphatic hydroxyl groups is 1. The minimum absolute atomic E-state index is 0.197. The highest BCUT2D eigenvalue weighted by Gasteiger charge is 2.41. The maximum atomic E-state index is 13.0. The van der Waals surface area contributed by atoms with E-state index in [-0.39, 0.29) is 12.0 Å². The number of alkyl halides is 3. The number of aliphatic hydroxyl groups excluding tert-OH is 1. The van der Waals surface area contributed by atoms with Crippen molar-refractivity contribution < 1.29 is 46.9 Å². The van der Waals surface area contributed by atoms with Crippen LogP contribution < -0.4 is 10.6 Å². The molecular weight excluding hydrogens is 601 g/mol. The minimum atomic E-state index is -5.20. The lowest BCUT2D eigenvalue weighted by Crippen LogP contribution is -2.52. The number of ether oxygens (including phenoxy) is 3. The zero-order valence-electron chi connectivity index (χ0n) is 26.1. The molecule has 0 aromatic carbocycles. The van der Waals surface area contributed by atoms with Crippen molar-refractivity contribution in [2.45, 2.75) is 120 Å². The largest absolute Gasteiger partial charge is 0.471 e. The third-order valence-electron chi connectivity index (χ3n) is 6.96. The summed E-state index contributed by atoms with van der Waals surface area (Å²) in [4.78, 5) is 35.6. The van der Waals surface area contributed by atoms with Gasteiger partial charge in [0, 0.05) is 24.2 Å². The highest BCUT2D eigenvalue weighted by Crippen LogP contribution is 2.23. The smallest absolute Gasteiger partial charge is 0.468 e. The Bertz CT molecular complexity index is 868. The Balaban J connectivity index is 2.78.